The predicted molar refractivity (Wildman–Crippen MR) is 145 cm³/mol. The predicted octanol–water partition coefficient (Wildman–Crippen LogP) is 6.76. The number of ether oxygens (including phenoxy) is 2. The van der Waals surface area contributed by atoms with Crippen LogP contribution < -0.4 is 9.47 Å². The number of halogens is 6. The van der Waals surface area contributed by atoms with Crippen LogP contribution in [0.1, 0.15) is 44.2 Å². The summed E-state index contributed by atoms with van der Waals surface area (Å²) in [5, 5.41) is 5.88. The summed E-state index contributed by atoms with van der Waals surface area (Å²) in [4.78, 5) is 4.60. The molecule has 0 saturated carbocycles. The van der Waals surface area contributed by atoms with E-state index in [9.17, 15) is 34.8 Å². The zero-order valence-corrected chi connectivity index (χ0v) is 24.4. The van der Waals surface area contributed by atoms with Gasteiger partial charge in [0.25, 0.3) is 12.3 Å². The molecule has 0 saturated heterocycles. The van der Waals surface area contributed by atoms with Gasteiger partial charge in [-0.1, -0.05) is 24.2 Å². The van der Waals surface area contributed by atoms with Gasteiger partial charge in [-0.05, 0) is 61.4 Å². The molecule has 2 aromatic rings. The van der Waals surface area contributed by atoms with E-state index in [0.717, 1.165) is 24.3 Å². The molecule has 2 aromatic carbocycles. The Bertz CT molecular complexity index is 1290. The normalized spacial score (nSPS) is 13.1. The van der Waals surface area contributed by atoms with E-state index in [0.29, 0.717) is 12.8 Å². The number of hydrogen-bond acceptors (Lipinski definition) is 11. The lowest BCUT2D eigenvalue weighted by molar-refractivity contribution is -0.196. The molecule has 0 heterocycles. The minimum absolute atomic E-state index is 0.0972. The number of benzene rings is 2. The fraction of sp³-hybridized carbons (Fsp3) is 0.440. The largest absolute Gasteiger partial charge is 0.493 e. The summed E-state index contributed by atoms with van der Waals surface area (Å²) in [6.45, 7) is 3.76. The third-order valence-electron chi connectivity index (χ3n) is 4.84. The summed E-state index contributed by atoms with van der Waals surface area (Å²) in [5.41, 5.74) is -3.54. The van der Waals surface area contributed by atoms with Gasteiger partial charge in [0.2, 0.25) is 0 Å². The van der Waals surface area contributed by atoms with Gasteiger partial charge in [-0.25, -0.2) is 4.89 Å². The first-order chi connectivity index (χ1) is 20.3. The first-order valence-corrected chi connectivity index (χ1v) is 14.8. The molecule has 0 aliphatic rings. The van der Waals surface area contributed by atoms with E-state index in [-0.39, 0.29) is 55.6 Å². The average Bonchev–Trinajstić information content (AvgIpc) is 2.92. The molecule has 0 aromatic heterocycles. The Morgan fingerprint density at radius 2 is 1.23 bits per heavy atom. The maximum Gasteiger partial charge on any atom is 0.437 e. The van der Waals surface area contributed by atoms with Gasteiger partial charge in [0.1, 0.15) is 11.5 Å². The van der Waals surface area contributed by atoms with Gasteiger partial charge in [-0.2, -0.15) is 34.8 Å². The van der Waals surface area contributed by atoms with Crippen molar-refractivity contribution in [2.24, 2.45) is 10.3 Å². The van der Waals surface area contributed by atoms with E-state index >= 15 is 0 Å². The Labute approximate surface area is 248 Å². The Morgan fingerprint density at radius 1 is 0.744 bits per heavy atom. The third-order valence-corrected chi connectivity index (χ3v) is 6.33. The zero-order valence-electron chi connectivity index (χ0n) is 22.8. The summed E-state index contributed by atoms with van der Waals surface area (Å²) >= 11 is 0.135. The molecule has 2 rings (SSSR count). The van der Waals surface area contributed by atoms with Crippen molar-refractivity contribution in [3.8, 4) is 11.5 Å². The molecule has 18 heteroatoms. The van der Waals surface area contributed by atoms with Crippen LogP contribution in [0.25, 0.3) is 0 Å². The standard InChI is InChI=1S/C25H28F6N2O8S2/c1-3-14-38-41-42-39-32-22(24(26,27)28)18-6-10-20(11-7-18)36-15-5-16-37-21-12-8-19(9-13-21)23(25(29,30)31)33-40-43(34,35)17-4-2/h6-13H,3-5,14-17H2,1-2H3. The van der Waals surface area contributed by atoms with Crippen molar-refractivity contribution in [1.82, 2.24) is 0 Å². The zero-order chi connectivity index (χ0) is 31.9. The van der Waals surface area contributed by atoms with Crippen molar-refractivity contribution in [3.63, 3.8) is 0 Å². The van der Waals surface area contributed by atoms with Gasteiger partial charge in [0.05, 0.1) is 25.6 Å². The Balaban J connectivity index is 1.87. The van der Waals surface area contributed by atoms with E-state index in [4.69, 9.17) is 9.47 Å². The molecule has 0 bridgehead atoms. The van der Waals surface area contributed by atoms with Gasteiger partial charge < -0.3 is 9.47 Å². The van der Waals surface area contributed by atoms with Crippen molar-refractivity contribution in [3.05, 3.63) is 59.7 Å². The van der Waals surface area contributed by atoms with Crippen LogP contribution in [0.5, 0.6) is 11.5 Å². The van der Waals surface area contributed by atoms with Gasteiger partial charge in [-0.3, -0.25) is 8.57 Å². The number of oxime groups is 2. The van der Waals surface area contributed by atoms with Crippen molar-refractivity contribution in [2.45, 2.75) is 45.5 Å². The summed E-state index contributed by atoms with van der Waals surface area (Å²) in [7, 11) is -4.25. The quantitative estimate of drug-likeness (QED) is 0.0427. The molecule has 0 atom stereocenters. The average molecular weight is 663 g/mol. The number of alkyl halides is 6. The minimum atomic E-state index is -4.98. The molecule has 240 valence electrons. The lowest BCUT2D eigenvalue weighted by atomic mass is 10.1. The summed E-state index contributed by atoms with van der Waals surface area (Å²) in [6.07, 6.45) is -8.70. The highest BCUT2D eigenvalue weighted by molar-refractivity contribution is 7.89. The van der Waals surface area contributed by atoms with E-state index in [1.807, 2.05) is 0 Å². The molecular formula is C25H28F6N2O8S2. The van der Waals surface area contributed by atoms with Crippen molar-refractivity contribution in [2.75, 3.05) is 25.6 Å². The van der Waals surface area contributed by atoms with Crippen LogP contribution in [0.4, 0.5) is 26.3 Å². The van der Waals surface area contributed by atoms with E-state index in [2.05, 4.69) is 28.1 Å². The van der Waals surface area contributed by atoms with E-state index in [1.165, 1.54) is 31.2 Å². The fourth-order valence-corrected chi connectivity index (χ4v) is 3.98. The first kappa shape index (κ1) is 36.0. The maximum absolute atomic E-state index is 13.4. The van der Waals surface area contributed by atoms with Gasteiger partial charge in [0, 0.05) is 17.5 Å². The third kappa shape index (κ3) is 13.3. The topological polar surface area (TPSA) is 114 Å². The van der Waals surface area contributed by atoms with Crippen molar-refractivity contribution < 1.29 is 62.0 Å². The van der Waals surface area contributed by atoms with Crippen LogP contribution in [-0.2, 0) is 27.9 Å². The Morgan fingerprint density at radius 3 is 1.67 bits per heavy atom. The van der Waals surface area contributed by atoms with Gasteiger partial charge >= 0.3 is 22.5 Å². The van der Waals surface area contributed by atoms with Crippen LogP contribution in [0, 0.1) is 0 Å². The molecule has 43 heavy (non-hydrogen) atoms. The fourth-order valence-electron chi connectivity index (χ4n) is 2.98. The molecule has 0 radical (unpaired) electrons. The summed E-state index contributed by atoms with van der Waals surface area (Å²) < 4.78 is 127. The molecule has 10 nitrogen and oxygen atoms in total. The number of rotatable bonds is 18. The molecule has 0 amide bonds. The van der Waals surface area contributed by atoms with Gasteiger partial charge in [-0.15, -0.1) is 4.33 Å². The SMILES string of the molecule is CCCOOSON=C(c1ccc(OCCCOc2ccc(C(=NOS(=O)(=O)CCC)C(F)(F)F)cc2)cc1)C(F)(F)F. The molecule has 0 spiro atoms. The van der Waals surface area contributed by atoms with Crippen molar-refractivity contribution in [1.29, 1.82) is 0 Å². The monoisotopic (exact) mass is 662 g/mol. The summed E-state index contributed by atoms with van der Waals surface area (Å²) in [6, 6.07) is 9.47. The minimum Gasteiger partial charge on any atom is -0.493 e. The second kappa shape index (κ2) is 17.2. The van der Waals surface area contributed by atoms with Crippen LogP contribution in [0.3, 0.4) is 0 Å². The highest BCUT2D eigenvalue weighted by Gasteiger charge is 2.39. The lowest BCUT2D eigenvalue weighted by Gasteiger charge is -2.12. The maximum atomic E-state index is 13.4. The molecule has 0 aliphatic heterocycles. The van der Waals surface area contributed by atoms with E-state index < -0.39 is 45.2 Å². The lowest BCUT2D eigenvalue weighted by Crippen LogP contribution is -2.25. The van der Waals surface area contributed by atoms with E-state index in [1.54, 1.807) is 6.92 Å². The molecule has 0 fully saturated rings. The number of hydrogen-bond donors (Lipinski definition) is 0. The molecule has 0 N–H and O–H groups in total. The highest BCUT2D eigenvalue weighted by Crippen LogP contribution is 2.26. The first-order valence-electron chi connectivity index (χ1n) is 12.6. The molecular weight excluding hydrogens is 634 g/mol. The second-order valence-corrected chi connectivity index (χ2v) is 10.4. The Kier molecular flexibility index (Phi) is 14.4. The van der Waals surface area contributed by atoms with Gasteiger partial charge in [0.15, 0.2) is 11.4 Å². The van der Waals surface area contributed by atoms with Crippen LogP contribution in [-0.4, -0.2) is 57.8 Å². The second-order valence-electron chi connectivity index (χ2n) is 8.34. The number of nitrogens with zero attached hydrogens (tertiary/aromatic N) is 2. The molecule has 0 aliphatic carbocycles. The van der Waals surface area contributed by atoms with Crippen LogP contribution in [0.2, 0.25) is 0 Å². The van der Waals surface area contributed by atoms with Crippen LogP contribution >= 0.6 is 12.3 Å². The van der Waals surface area contributed by atoms with Crippen molar-refractivity contribution >= 4 is 33.9 Å². The summed E-state index contributed by atoms with van der Waals surface area (Å²) in [5.74, 6) is -0.00276. The smallest absolute Gasteiger partial charge is 0.437 e. The van der Waals surface area contributed by atoms with Crippen LogP contribution in [0.15, 0.2) is 58.8 Å². The highest BCUT2D eigenvalue weighted by atomic mass is 32.2. The molecule has 0 unspecified atom stereocenters. The Hall–Kier alpha value is -3.22.